The molecule has 1 unspecified atom stereocenters. The average molecular weight is 340 g/mol. The van der Waals surface area contributed by atoms with Gasteiger partial charge in [-0.2, -0.15) is 0 Å². The molecule has 19 heavy (non-hydrogen) atoms. The highest BCUT2D eigenvalue weighted by Gasteiger charge is 2.08. The number of hydrogen-bond acceptors (Lipinski definition) is 3. The Balaban J connectivity index is 1.93. The van der Waals surface area contributed by atoms with Gasteiger partial charge in [0.25, 0.3) is 0 Å². The lowest BCUT2D eigenvalue weighted by molar-refractivity contribution is 0.342. The molecule has 0 aromatic heterocycles. The van der Waals surface area contributed by atoms with Crippen molar-refractivity contribution >= 4 is 32.4 Å². The second-order valence-corrected chi connectivity index (χ2v) is 6.35. The smallest absolute Gasteiger partial charge is 0.119 e. The normalized spacial score (nSPS) is 12.1. The third-order valence-electron chi connectivity index (χ3n) is 2.50. The molecule has 0 heterocycles. The molecule has 0 bridgehead atoms. The minimum absolute atomic E-state index is 0.391. The van der Waals surface area contributed by atoms with Crippen LogP contribution in [0.4, 0.5) is 5.69 Å². The third kappa shape index (κ3) is 4.08. The van der Waals surface area contributed by atoms with Gasteiger partial charge in [-0.1, -0.05) is 34.1 Å². The number of nitrogen functional groups attached to an aromatic ring is 1. The second-order valence-electron chi connectivity index (χ2n) is 3.89. The van der Waals surface area contributed by atoms with Gasteiger partial charge in [0.05, 0.1) is 21.4 Å². The minimum atomic E-state index is -1.16. The zero-order valence-corrected chi connectivity index (χ0v) is 12.6. The predicted octanol–water partition coefficient (Wildman–Crippen LogP) is 3.22. The zero-order chi connectivity index (χ0) is 13.7. The number of benzene rings is 2. The van der Waals surface area contributed by atoms with Crippen LogP contribution in [0.15, 0.2) is 57.9 Å². The Morgan fingerprint density at radius 1 is 1.16 bits per heavy atom. The monoisotopic (exact) mass is 339 g/mol. The average Bonchev–Trinajstić information content (AvgIpc) is 2.42. The topological polar surface area (TPSA) is 52.3 Å². The van der Waals surface area contributed by atoms with E-state index in [9.17, 15) is 4.21 Å². The quantitative estimate of drug-likeness (QED) is 0.851. The van der Waals surface area contributed by atoms with Crippen LogP contribution >= 0.6 is 15.9 Å². The summed E-state index contributed by atoms with van der Waals surface area (Å²) >= 11 is 3.35. The fourth-order valence-electron chi connectivity index (χ4n) is 1.57. The Morgan fingerprint density at radius 2 is 1.89 bits per heavy atom. The molecule has 2 rings (SSSR count). The Bertz CT molecular complexity index is 575. The van der Waals surface area contributed by atoms with E-state index in [-0.39, 0.29) is 0 Å². The summed E-state index contributed by atoms with van der Waals surface area (Å²) in [6.45, 7) is 0.391. The molecule has 0 radical (unpaired) electrons. The van der Waals surface area contributed by atoms with Crippen LogP contribution in [0, 0.1) is 0 Å². The first kappa shape index (κ1) is 14.1. The number of hydrogen-bond donors (Lipinski definition) is 1. The van der Waals surface area contributed by atoms with Crippen molar-refractivity contribution in [1.82, 2.24) is 0 Å². The van der Waals surface area contributed by atoms with Crippen LogP contribution in [-0.4, -0.2) is 16.6 Å². The van der Waals surface area contributed by atoms with Crippen molar-refractivity contribution in [2.24, 2.45) is 0 Å². The molecule has 2 N–H and O–H groups in total. The van der Waals surface area contributed by atoms with Gasteiger partial charge in [0.15, 0.2) is 0 Å². The second kappa shape index (κ2) is 6.73. The molecule has 1 atom stereocenters. The maximum atomic E-state index is 12.1. The molecule has 0 aliphatic rings. The van der Waals surface area contributed by atoms with Gasteiger partial charge in [0.2, 0.25) is 0 Å². The molecular weight excluding hydrogens is 326 g/mol. The first-order valence-electron chi connectivity index (χ1n) is 5.78. The summed E-state index contributed by atoms with van der Waals surface area (Å²) < 4.78 is 18.5. The summed E-state index contributed by atoms with van der Waals surface area (Å²) in [7, 11) is -1.16. The van der Waals surface area contributed by atoms with Gasteiger partial charge in [-0.05, 0) is 30.3 Å². The fourth-order valence-corrected chi connectivity index (χ4v) is 3.12. The van der Waals surface area contributed by atoms with Gasteiger partial charge in [-0.15, -0.1) is 0 Å². The van der Waals surface area contributed by atoms with E-state index in [1.54, 1.807) is 12.1 Å². The van der Waals surface area contributed by atoms with E-state index < -0.39 is 10.8 Å². The maximum Gasteiger partial charge on any atom is 0.119 e. The molecular formula is C14H14BrNO2S. The minimum Gasteiger partial charge on any atom is -0.493 e. The number of para-hydroxylation sites is 1. The molecule has 0 saturated heterocycles. The first-order chi connectivity index (χ1) is 9.16. The van der Waals surface area contributed by atoms with Gasteiger partial charge in [0.1, 0.15) is 12.4 Å². The maximum absolute atomic E-state index is 12.1. The highest BCUT2D eigenvalue weighted by atomic mass is 79.9. The standard InChI is InChI=1S/C14H14BrNO2S/c15-11-6-7-13(16)14(10-11)19(17)9-8-18-12-4-2-1-3-5-12/h1-7,10H,8-9,16H2. The van der Waals surface area contributed by atoms with Gasteiger partial charge in [0, 0.05) is 10.2 Å². The molecule has 100 valence electrons. The lowest BCUT2D eigenvalue weighted by atomic mass is 10.3. The van der Waals surface area contributed by atoms with E-state index in [1.165, 1.54) is 0 Å². The van der Waals surface area contributed by atoms with E-state index in [0.29, 0.717) is 22.9 Å². The predicted molar refractivity (Wildman–Crippen MR) is 81.8 cm³/mol. The Labute approximate surface area is 123 Å². The molecule has 0 saturated carbocycles. The van der Waals surface area contributed by atoms with Crippen LogP contribution in [0.2, 0.25) is 0 Å². The molecule has 0 amide bonds. The van der Waals surface area contributed by atoms with E-state index >= 15 is 0 Å². The number of halogens is 1. The lowest BCUT2D eigenvalue weighted by Gasteiger charge is -2.08. The molecule has 0 aliphatic carbocycles. The highest BCUT2D eigenvalue weighted by molar-refractivity contribution is 9.10. The zero-order valence-electron chi connectivity index (χ0n) is 10.2. The van der Waals surface area contributed by atoms with Crippen LogP contribution in [0.3, 0.4) is 0 Å². The summed E-state index contributed by atoms with van der Waals surface area (Å²) in [5.74, 6) is 1.19. The van der Waals surface area contributed by atoms with E-state index in [0.717, 1.165) is 10.2 Å². The third-order valence-corrected chi connectivity index (χ3v) is 4.38. The van der Waals surface area contributed by atoms with Crippen molar-refractivity contribution in [3.8, 4) is 5.75 Å². The molecule has 0 aliphatic heterocycles. The Kier molecular flexibility index (Phi) is 4.99. The Morgan fingerprint density at radius 3 is 2.63 bits per heavy atom. The van der Waals surface area contributed by atoms with Gasteiger partial charge in [-0.25, -0.2) is 0 Å². The SMILES string of the molecule is Nc1ccc(Br)cc1S(=O)CCOc1ccccc1. The highest BCUT2D eigenvalue weighted by Crippen LogP contribution is 2.21. The van der Waals surface area contributed by atoms with Gasteiger partial charge in [-0.3, -0.25) is 4.21 Å². The van der Waals surface area contributed by atoms with Crippen molar-refractivity contribution in [2.75, 3.05) is 18.1 Å². The summed E-state index contributed by atoms with van der Waals surface area (Å²) in [5, 5.41) is 0. The summed E-state index contributed by atoms with van der Waals surface area (Å²) in [6.07, 6.45) is 0. The molecule has 0 fully saturated rings. The lowest BCUT2D eigenvalue weighted by Crippen LogP contribution is -2.10. The summed E-state index contributed by atoms with van der Waals surface area (Å²) in [4.78, 5) is 0.644. The van der Waals surface area contributed by atoms with Crippen LogP contribution in [0.25, 0.3) is 0 Å². The van der Waals surface area contributed by atoms with Crippen LogP contribution in [0.5, 0.6) is 5.75 Å². The molecule has 2 aromatic carbocycles. The molecule has 3 nitrogen and oxygen atoms in total. The first-order valence-corrected chi connectivity index (χ1v) is 7.89. The van der Waals surface area contributed by atoms with Crippen molar-refractivity contribution in [3.05, 3.63) is 53.0 Å². The number of ether oxygens (including phenoxy) is 1. The van der Waals surface area contributed by atoms with Crippen molar-refractivity contribution < 1.29 is 8.95 Å². The van der Waals surface area contributed by atoms with Gasteiger partial charge >= 0.3 is 0 Å². The Hall–Kier alpha value is -1.33. The van der Waals surface area contributed by atoms with E-state index in [4.69, 9.17) is 10.5 Å². The number of nitrogens with two attached hydrogens (primary N) is 1. The summed E-state index contributed by atoms with van der Waals surface area (Å²) in [5.41, 5.74) is 6.36. The van der Waals surface area contributed by atoms with E-state index in [1.807, 2.05) is 36.4 Å². The van der Waals surface area contributed by atoms with Crippen LogP contribution in [0.1, 0.15) is 0 Å². The number of rotatable bonds is 5. The van der Waals surface area contributed by atoms with Crippen molar-refractivity contribution in [2.45, 2.75) is 4.90 Å². The molecule has 5 heteroatoms. The van der Waals surface area contributed by atoms with E-state index in [2.05, 4.69) is 15.9 Å². The summed E-state index contributed by atoms with van der Waals surface area (Å²) in [6, 6.07) is 14.8. The van der Waals surface area contributed by atoms with Crippen molar-refractivity contribution in [3.63, 3.8) is 0 Å². The van der Waals surface area contributed by atoms with Crippen LogP contribution < -0.4 is 10.5 Å². The number of anilines is 1. The fraction of sp³-hybridized carbons (Fsp3) is 0.143. The molecule has 0 spiro atoms. The van der Waals surface area contributed by atoms with Gasteiger partial charge < -0.3 is 10.5 Å². The van der Waals surface area contributed by atoms with Crippen LogP contribution in [-0.2, 0) is 10.8 Å². The van der Waals surface area contributed by atoms with Crippen molar-refractivity contribution in [1.29, 1.82) is 0 Å². The molecule has 2 aromatic rings. The largest absolute Gasteiger partial charge is 0.493 e.